The second-order valence-corrected chi connectivity index (χ2v) is 6.16. The smallest absolute Gasteiger partial charge is 0.257 e. The summed E-state index contributed by atoms with van der Waals surface area (Å²) < 4.78 is 3.70. The summed E-state index contributed by atoms with van der Waals surface area (Å²) in [5.74, 6) is 0.0827. The summed E-state index contributed by atoms with van der Waals surface area (Å²) in [6.07, 6.45) is 6.71. The van der Waals surface area contributed by atoms with Gasteiger partial charge in [-0.3, -0.25) is 14.2 Å². The number of carbonyl (C=O) groups excluding carboxylic acids is 1. The van der Waals surface area contributed by atoms with E-state index in [1.54, 1.807) is 17.1 Å². The zero-order chi connectivity index (χ0) is 15.7. The molecule has 2 aromatic rings. The van der Waals surface area contributed by atoms with Crippen molar-refractivity contribution in [2.75, 3.05) is 6.54 Å². The molecule has 0 N–H and O–H groups in total. The molecule has 1 fully saturated rings. The quantitative estimate of drug-likeness (QED) is 0.870. The molecule has 6 nitrogen and oxygen atoms in total. The summed E-state index contributed by atoms with van der Waals surface area (Å²) in [4.78, 5) is 14.7. The lowest BCUT2D eigenvalue weighted by Gasteiger charge is -2.35. The number of amides is 1. The Hall–Kier alpha value is -2.11. The first-order valence-electron chi connectivity index (χ1n) is 7.85. The molecule has 1 amide bonds. The van der Waals surface area contributed by atoms with Crippen molar-refractivity contribution in [3.63, 3.8) is 0 Å². The van der Waals surface area contributed by atoms with Crippen LogP contribution >= 0.6 is 0 Å². The van der Waals surface area contributed by atoms with Crippen LogP contribution in [-0.4, -0.2) is 43.0 Å². The fraction of sp³-hybridized carbons (Fsp3) is 0.562. The van der Waals surface area contributed by atoms with Gasteiger partial charge in [0.15, 0.2) is 0 Å². The Labute approximate surface area is 130 Å². The van der Waals surface area contributed by atoms with Crippen LogP contribution in [0.15, 0.2) is 18.5 Å². The fourth-order valence-corrected chi connectivity index (χ4v) is 3.21. The van der Waals surface area contributed by atoms with Gasteiger partial charge in [0.05, 0.1) is 30.0 Å². The maximum Gasteiger partial charge on any atom is 0.257 e. The van der Waals surface area contributed by atoms with Crippen molar-refractivity contribution in [1.82, 2.24) is 24.5 Å². The minimum atomic E-state index is 0.0827. The van der Waals surface area contributed by atoms with Gasteiger partial charge >= 0.3 is 0 Å². The minimum absolute atomic E-state index is 0.0827. The van der Waals surface area contributed by atoms with Crippen LogP contribution in [0.5, 0.6) is 0 Å². The van der Waals surface area contributed by atoms with Crippen molar-refractivity contribution in [2.45, 2.75) is 45.7 Å². The molecule has 3 heterocycles. The van der Waals surface area contributed by atoms with E-state index in [0.717, 1.165) is 37.3 Å². The van der Waals surface area contributed by atoms with Gasteiger partial charge in [-0.15, -0.1) is 0 Å². The molecule has 0 bridgehead atoms. The molecule has 0 unspecified atom stereocenters. The topological polar surface area (TPSA) is 56.0 Å². The van der Waals surface area contributed by atoms with Crippen LogP contribution in [0.2, 0.25) is 0 Å². The van der Waals surface area contributed by atoms with E-state index in [0.29, 0.717) is 5.56 Å². The van der Waals surface area contributed by atoms with Gasteiger partial charge in [-0.2, -0.15) is 10.2 Å². The van der Waals surface area contributed by atoms with E-state index in [1.165, 1.54) is 6.42 Å². The van der Waals surface area contributed by atoms with Crippen LogP contribution in [0.4, 0.5) is 0 Å². The third-order valence-electron chi connectivity index (χ3n) is 4.33. The summed E-state index contributed by atoms with van der Waals surface area (Å²) in [6.45, 7) is 5.66. The molecule has 0 saturated carbocycles. The van der Waals surface area contributed by atoms with Gasteiger partial charge in [-0.05, 0) is 39.2 Å². The number of aromatic nitrogens is 4. The van der Waals surface area contributed by atoms with Crippen molar-refractivity contribution in [3.05, 3.63) is 35.4 Å². The number of hydrogen-bond acceptors (Lipinski definition) is 3. The summed E-state index contributed by atoms with van der Waals surface area (Å²) in [5.41, 5.74) is 2.85. The Balaban J connectivity index is 1.79. The van der Waals surface area contributed by atoms with E-state index in [2.05, 4.69) is 23.2 Å². The number of hydrogen-bond donors (Lipinski definition) is 0. The van der Waals surface area contributed by atoms with Crippen molar-refractivity contribution in [2.24, 2.45) is 7.05 Å². The van der Waals surface area contributed by atoms with Gasteiger partial charge < -0.3 is 4.90 Å². The number of likely N-dealkylation sites (tertiary alicyclic amines) is 1. The van der Waals surface area contributed by atoms with E-state index in [1.807, 2.05) is 23.6 Å². The number of rotatable bonds is 3. The highest BCUT2D eigenvalue weighted by Crippen LogP contribution is 2.21. The van der Waals surface area contributed by atoms with Crippen LogP contribution in [0.3, 0.4) is 0 Å². The summed E-state index contributed by atoms with van der Waals surface area (Å²) in [5, 5.41) is 8.65. The predicted molar refractivity (Wildman–Crippen MR) is 83.6 cm³/mol. The molecular weight excluding hydrogens is 278 g/mol. The standard InChI is InChI=1S/C16H23N5O/c1-12-8-13(2)21(18-12)11-15-6-4-5-7-20(15)16(22)14-9-17-19(3)10-14/h8-10,15H,4-7,11H2,1-3H3/t15-/m0/s1. The largest absolute Gasteiger partial charge is 0.334 e. The maximum atomic E-state index is 12.7. The zero-order valence-electron chi connectivity index (χ0n) is 13.5. The van der Waals surface area contributed by atoms with E-state index < -0.39 is 0 Å². The molecule has 1 aliphatic heterocycles. The Kier molecular flexibility index (Phi) is 4.00. The molecule has 0 spiro atoms. The lowest BCUT2D eigenvalue weighted by Crippen LogP contribution is -2.46. The third-order valence-corrected chi connectivity index (χ3v) is 4.33. The van der Waals surface area contributed by atoms with Crippen molar-refractivity contribution in [1.29, 1.82) is 0 Å². The van der Waals surface area contributed by atoms with Gasteiger partial charge in [0.25, 0.3) is 5.91 Å². The van der Waals surface area contributed by atoms with Crippen LogP contribution in [-0.2, 0) is 13.6 Å². The third kappa shape index (κ3) is 2.91. The molecule has 118 valence electrons. The summed E-state index contributed by atoms with van der Waals surface area (Å²) >= 11 is 0. The molecule has 1 atom stereocenters. The first kappa shape index (κ1) is 14.8. The molecule has 2 aromatic heterocycles. The zero-order valence-corrected chi connectivity index (χ0v) is 13.5. The van der Waals surface area contributed by atoms with E-state index in [9.17, 15) is 4.79 Å². The first-order valence-corrected chi connectivity index (χ1v) is 7.85. The van der Waals surface area contributed by atoms with Crippen molar-refractivity contribution < 1.29 is 4.79 Å². The molecule has 1 aliphatic rings. The second kappa shape index (κ2) is 5.94. The van der Waals surface area contributed by atoms with Gasteiger partial charge in [0.1, 0.15) is 0 Å². The molecule has 3 rings (SSSR count). The fourth-order valence-electron chi connectivity index (χ4n) is 3.21. The molecule has 0 radical (unpaired) electrons. The van der Waals surface area contributed by atoms with E-state index >= 15 is 0 Å². The molecule has 1 saturated heterocycles. The highest BCUT2D eigenvalue weighted by molar-refractivity contribution is 5.94. The highest BCUT2D eigenvalue weighted by Gasteiger charge is 2.28. The number of aryl methyl sites for hydroxylation is 3. The summed E-state index contributed by atoms with van der Waals surface area (Å²) in [7, 11) is 1.83. The molecular formula is C16H23N5O. The Morgan fingerprint density at radius 1 is 1.36 bits per heavy atom. The number of piperidine rings is 1. The molecule has 6 heteroatoms. The Bertz CT molecular complexity index is 672. The Morgan fingerprint density at radius 3 is 2.82 bits per heavy atom. The minimum Gasteiger partial charge on any atom is -0.334 e. The van der Waals surface area contributed by atoms with Crippen LogP contribution in [0.1, 0.15) is 41.0 Å². The first-order chi connectivity index (χ1) is 10.5. The SMILES string of the molecule is Cc1cc(C)n(C[C@@H]2CCCCN2C(=O)c2cnn(C)c2)n1. The van der Waals surface area contributed by atoms with Crippen LogP contribution in [0.25, 0.3) is 0 Å². The normalized spacial score (nSPS) is 18.7. The molecule has 0 aromatic carbocycles. The van der Waals surface area contributed by atoms with Gasteiger partial charge in [0, 0.05) is 25.5 Å². The average Bonchev–Trinajstić information content (AvgIpc) is 3.05. The number of nitrogens with zero attached hydrogens (tertiary/aromatic N) is 5. The average molecular weight is 301 g/mol. The highest BCUT2D eigenvalue weighted by atomic mass is 16.2. The van der Waals surface area contributed by atoms with Crippen molar-refractivity contribution in [3.8, 4) is 0 Å². The predicted octanol–water partition coefficient (Wildman–Crippen LogP) is 1.93. The summed E-state index contributed by atoms with van der Waals surface area (Å²) in [6, 6.07) is 2.29. The lowest BCUT2D eigenvalue weighted by atomic mass is 10.0. The van der Waals surface area contributed by atoms with Crippen LogP contribution < -0.4 is 0 Å². The van der Waals surface area contributed by atoms with Crippen molar-refractivity contribution >= 4 is 5.91 Å². The number of carbonyl (C=O) groups is 1. The molecule has 22 heavy (non-hydrogen) atoms. The van der Waals surface area contributed by atoms with Gasteiger partial charge in [-0.1, -0.05) is 0 Å². The van der Waals surface area contributed by atoms with Crippen LogP contribution in [0, 0.1) is 13.8 Å². The van der Waals surface area contributed by atoms with E-state index in [-0.39, 0.29) is 11.9 Å². The van der Waals surface area contributed by atoms with E-state index in [4.69, 9.17) is 0 Å². The Morgan fingerprint density at radius 2 is 2.18 bits per heavy atom. The van der Waals surface area contributed by atoms with Gasteiger partial charge in [-0.25, -0.2) is 0 Å². The second-order valence-electron chi connectivity index (χ2n) is 6.16. The maximum absolute atomic E-state index is 12.7. The lowest BCUT2D eigenvalue weighted by molar-refractivity contribution is 0.0582. The van der Waals surface area contributed by atoms with Gasteiger partial charge in [0.2, 0.25) is 0 Å². The monoisotopic (exact) mass is 301 g/mol. The molecule has 0 aliphatic carbocycles.